The Hall–Kier alpha value is -2.54. The van der Waals surface area contributed by atoms with E-state index in [1.165, 1.54) is 19.3 Å². The molecule has 1 fully saturated rings. The number of nitrogens with one attached hydrogen (secondary N) is 2. The number of aromatic nitrogens is 2. The molecule has 168 valence electrons. The van der Waals surface area contributed by atoms with Gasteiger partial charge in [-0.25, -0.2) is 9.97 Å². The molecule has 0 radical (unpaired) electrons. The summed E-state index contributed by atoms with van der Waals surface area (Å²) in [6, 6.07) is 5.53. The average molecular weight is 427 g/mol. The van der Waals surface area contributed by atoms with Gasteiger partial charge in [0.25, 0.3) is 5.91 Å². The number of aliphatic hydroxyl groups excluding tert-OH is 1. The van der Waals surface area contributed by atoms with Crippen molar-refractivity contribution < 1.29 is 14.7 Å². The van der Waals surface area contributed by atoms with Crippen molar-refractivity contribution in [2.45, 2.75) is 77.3 Å². The number of carbonyl (C=O) groups is 2. The van der Waals surface area contributed by atoms with E-state index >= 15 is 0 Å². The molecule has 1 aromatic heterocycles. The quantitative estimate of drug-likeness (QED) is 0.535. The first-order valence-corrected chi connectivity index (χ1v) is 11.4. The Balaban J connectivity index is 1.51. The zero-order chi connectivity index (χ0) is 22.2. The maximum absolute atomic E-state index is 12.6. The predicted molar refractivity (Wildman–Crippen MR) is 121 cm³/mol. The van der Waals surface area contributed by atoms with Gasteiger partial charge in [0.2, 0.25) is 5.91 Å². The molecule has 7 heteroatoms. The van der Waals surface area contributed by atoms with Crippen molar-refractivity contribution in [1.29, 1.82) is 0 Å². The van der Waals surface area contributed by atoms with Crippen LogP contribution in [0.3, 0.4) is 0 Å². The molecule has 2 aromatic rings. The van der Waals surface area contributed by atoms with E-state index < -0.39 is 0 Å². The number of rotatable bonds is 9. The Morgan fingerprint density at radius 2 is 1.97 bits per heavy atom. The molecular weight excluding hydrogens is 392 g/mol. The number of aliphatic hydroxyl groups is 1. The number of para-hydroxylation sites is 1. The Morgan fingerprint density at radius 1 is 1.19 bits per heavy atom. The third kappa shape index (κ3) is 6.72. The van der Waals surface area contributed by atoms with Crippen LogP contribution in [0.5, 0.6) is 0 Å². The molecule has 1 atom stereocenters. The van der Waals surface area contributed by atoms with Crippen LogP contribution in [-0.4, -0.2) is 45.6 Å². The molecule has 3 N–H and O–H groups in total. The lowest BCUT2D eigenvalue weighted by molar-refractivity contribution is -0.119. The molecule has 1 unspecified atom stereocenters. The topological polar surface area (TPSA) is 104 Å². The number of fused-ring (bicyclic) bond motifs is 1. The normalized spacial score (nSPS) is 19.7. The zero-order valence-electron chi connectivity index (χ0n) is 18.6. The van der Waals surface area contributed by atoms with E-state index in [0.717, 1.165) is 49.2 Å². The highest BCUT2D eigenvalue weighted by Crippen LogP contribution is 2.28. The summed E-state index contributed by atoms with van der Waals surface area (Å²) in [7, 11) is 0. The summed E-state index contributed by atoms with van der Waals surface area (Å²) in [5.41, 5.74) is 1.17. The lowest BCUT2D eigenvalue weighted by Crippen LogP contribution is -2.36. The van der Waals surface area contributed by atoms with Crippen molar-refractivity contribution in [3.63, 3.8) is 0 Å². The number of amides is 2. The van der Waals surface area contributed by atoms with Crippen molar-refractivity contribution in [2.24, 2.45) is 5.92 Å². The molecule has 2 amide bonds. The molecule has 0 spiro atoms. The number of carbonyl (C=O) groups excluding carboxylic acids is 2. The number of benzene rings is 1. The fourth-order valence-corrected chi connectivity index (χ4v) is 4.34. The second-order valence-electron chi connectivity index (χ2n) is 8.75. The minimum absolute atomic E-state index is 0.0717. The maximum Gasteiger partial charge on any atom is 0.253 e. The first-order valence-electron chi connectivity index (χ1n) is 11.4. The lowest BCUT2D eigenvalue weighted by Gasteiger charge is -2.28. The van der Waals surface area contributed by atoms with Gasteiger partial charge in [-0.15, -0.1) is 0 Å². The molecule has 1 aromatic carbocycles. The molecule has 1 saturated carbocycles. The van der Waals surface area contributed by atoms with Crippen molar-refractivity contribution in [3.8, 4) is 0 Å². The maximum atomic E-state index is 12.6. The SMILES string of the molecule is CC(=O)NC1CCC(CCCCc2ncc3cccc(C(=O)NC(C)CO)c3n2)CC1. The van der Waals surface area contributed by atoms with Crippen LogP contribution in [0.4, 0.5) is 0 Å². The van der Waals surface area contributed by atoms with Gasteiger partial charge in [-0.3, -0.25) is 9.59 Å². The predicted octanol–water partition coefficient (Wildman–Crippen LogP) is 3.15. The van der Waals surface area contributed by atoms with E-state index in [9.17, 15) is 14.7 Å². The minimum atomic E-state index is -0.308. The van der Waals surface area contributed by atoms with E-state index in [4.69, 9.17) is 0 Å². The Morgan fingerprint density at radius 3 is 2.68 bits per heavy atom. The molecule has 7 nitrogen and oxygen atoms in total. The van der Waals surface area contributed by atoms with Gasteiger partial charge in [0.05, 0.1) is 17.7 Å². The smallest absolute Gasteiger partial charge is 0.253 e. The van der Waals surface area contributed by atoms with E-state index in [1.54, 1.807) is 26.1 Å². The highest BCUT2D eigenvalue weighted by Gasteiger charge is 2.21. The summed E-state index contributed by atoms with van der Waals surface area (Å²) < 4.78 is 0. The van der Waals surface area contributed by atoms with Gasteiger partial charge >= 0.3 is 0 Å². The van der Waals surface area contributed by atoms with Crippen LogP contribution in [0.2, 0.25) is 0 Å². The van der Waals surface area contributed by atoms with Crippen molar-refractivity contribution in [3.05, 3.63) is 35.8 Å². The second kappa shape index (κ2) is 11.2. The van der Waals surface area contributed by atoms with E-state index in [2.05, 4.69) is 20.6 Å². The highest BCUT2D eigenvalue weighted by atomic mass is 16.3. The van der Waals surface area contributed by atoms with E-state index in [-0.39, 0.29) is 24.5 Å². The number of nitrogens with zero attached hydrogens (tertiary/aromatic N) is 2. The first-order chi connectivity index (χ1) is 15.0. The Bertz CT molecular complexity index is 894. The van der Waals surface area contributed by atoms with Crippen LogP contribution in [0.1, 0.15) is 75.0 Å². The standard InChI is InChI=1S/C24H34N4O3/c1-16(15-29)26-24(31)21-8-5-7-19-14-25-22(28-23(19)21)9-4-3-6-18-10-12-20(13-11-18)27-17(2)30/h5,7-8,14,16,18,20,29H,3-4,6,9-13,15H2,1-2H3,(H,26,31)(H,27,30). The molecule has 1 heterocycles. The number of aryl methyl sites for hydroxylation is 1. The lowest BCUT2D eigenvalue weighted by atomic mass is 9.83. The molecular formula is C24H34N4O3. The van der Waals surface area contributed by atoms with Crippen molar-refractivity contribution >= 4 is 22.7 Å². The fourth-order valence-electron chi connectivity index (χ4n) is 4.34. The third-order valence-corrected chi connectivity index (χ3v) is 6.07. The van der Waals surface area contributed by atoms with Gasteiger partial charge in [0.15, 0.2) is 0 Å². The van der Waals surface area contributed by atoms with Crippen LogP contribution >= 0.6 is 0 Å². The third-order valence-electron chi connectivity index (χ3n) is 6.07. The summed E-state index contributed by atoms with van der Waals surface area (Å²) in [5.74, 6) is 1.35. The molecule has 1 aliphatic rings. The van der Waals surface area contributed by atoms with E-state index in [1.807, 2.05) is 12.1 Å². The first kappa shape index (κ1) is 23.1. The van der Waals surface area contributed by atoms with Crippen LogP contribution in [0, 0.1) is 5.92 Å². The van der Waals surface area contributed by atoms with Crippen molar-refractivity contribution in [1.82, 2.24) is 20.6 Å². The molecule has 0 aliphatic heterocycles. The average Bonchev–Trinajstić information content (AvgIpc) is 2.76. The second-order valence-corrected chi connectivity index (χ2v) is 8.75. The van der Waals surface area contributed by atoms with Gasteiger partial charge in [-0.1, -0.05) is 25.0 Å². The molecule has 0 saturated heterocycles. The molecule has 1 aliphatic carbocycles. The van der Waals surface area contributed by atoms with Gasteiger partial charge in [0, 0.05) is 37.0 Å². The fraction of sp³-hybridized carbons (Fsp3) is 0.583. The molecule has 0 bridgehead atoms. The summed E-state index contributed by atoms with van der Waals surface area (Å²) in [6.45, 7) is 3.24. The van der Waals surface area contributed by atoms with Gasteiger partial charge in [-0.2, -0.15) is 0 Å². The van der Waals surface area contributed by atoms with Crippen LogP contribution in [0.15, 0.2) is 24.4 Å². The summed E-state index contributed by atoms with van der Waals surface area (Å²) in [6.07, 6.45) is 10.5. The number of hydrogen-bond acceptors (Lipinski definition) is 5. The van der Waals surface area contributed by atoms with Crippen LogP contribution in [0.25, 0.3) is 10.9 Å². The zero-order valence-corrected chi connectivity index (χ0v) is 18.6. The summed E-state index contributed by atoms with van der Waals surface area (Å²) in [5, 5.41) is 15.9. The number of hydrogen-bond donors (Lipinski definition) is 3. The Kier molecular flexibility index (Phi) is 8.35. The van der Waals surface area contributed by atoms with Gasteiger partial charge in [-0.05, 0) is 51.0 Å². The minimum Gasteiger partial charge on any atom is -0.394 e. The Labute approximate surface area is 184 Å². The molecule has 3 rings (SSSR count). The van der Waals surface area contributed by atoms with Gasteiger partial charge in [0.1, 0.15) is 5.82 Å². The van der Waals surface area contributed by atoms with E-state index in [0.29, 0.717) is 17.1 Å². The largest absolute Gasteiger partial charge is 0.394 e. The number of unbranched alkanes of at least 4 members (excludes halogenated alkanes) is 1. The highest BCUT2D eigenvalue weighted by molar-refractivity contribution is 6.05. The van der Waals surface area contributed by atoms with Crippen molar-refractivity contribution in [2.75, 3.05) is 6.61 Å². The molecule has 31 heavy (non-hydrogen) atoms. The van der Waals surface area contributed by atoms with Crippen LogP contribution < -0.4 is 10.6 Å². The summed E-state index contributed by atoms with van der Waals surface area (Å²) in [4.78, 5) is 32.9. The summed E-state index contributed by atoms with van der Waals surface area (Å²) >= 11 is 0. The monoisotopic (exact) mass is 426 g/mol. The van der Waals surface area contributed by atoms with Gasteiger partial charge < -0.3 is 15.7 Å². The van der Waals surface area contributed by atoms with Crippen LogP contribution in [-0.2, 0) is 11.2 Å².